The van der Waals surface area contributed by atoms with E-state index in [1.807, 2.05) is 29.3 Å². The van der Waals surface area contributed by atoms with Crippen LogP contribution in [-0.2, 0) is 4.79 Å². The third kappa shape index (κ3) is 4.48. The standard InChI is InChI=1S/C15H22N4O.2ClH/c20-15(13-4-3-6-16-12-13)19-10-8-18(9-11-19)14-5-1-2-7-17-14;;/h1-2,5,7,13,16H,3-4,6,8-12H2;2*1H. The van der Waals surface area contributed by atoms with Crippen molar-refractivity contribution in [1.82, 2.24) is 15.2 Å². The fourth-order valence-corrected chi connectivity index (χ4v) is 3.02. The van der Waals surface area contributed by atoms with Crippen LogP contribution >= 0.6 is 24.8 Å². The number of piperidine rings is 1. The van der Waals surface area contributed by atoms with E-state index in [0.717, 1.165) is 57.9 Å². The Morgan fingerprint density at radius 2 is 1.95 bits per heavy atom. The van der Waals surface area contributed by atoms with Gasteiger partial charge in [-0.2, -0.15) is 0 Å². The molecule has 3 heterocycles. The number of hydrogen-bond acceptors (Lipinski definition) is 4. The third-order valence-electron chi connectivity index (χ3n) is 4.21. The van der Waals surface area contributed by atoms with Gasteiger partial charge in [0.15, 0.2) is 0 Å². The van der Waals surface area contributed by atoms with Gasteiger partial charge in [0.2, 0.25) is 5.91 Å². The van der Waals surface area contributed by atoms with Gasteiger partial charge >= 0.3 is 0 Å². The van der Waals surface area contributed by atoms with Gasteiger partial charge in [0, 0.05) is 38.9 Å². The Bertz CT molecular complexity index is 446. The van der Waals surface area contributed by atoms with Crippen molar-refractivity contribution in [3.8, 4) is 0 Å². The molecule has 1 amide bonds. The number of piperazine rings is 1. The van der Waals surface area contributed by atoms with Crippen LogP contribution in [0.3, 0.4) is 0 Å². The van der Waals surface area contributed by atoms with Crippen LogP contribution in [-0.4, -0.2) is 55.1 Å². The van der Waals surface area contributed by atoms with E-state index < -0.39 is 0 Å². The highest BCUT2D eigenvalue weighted by Gasteiger charge is 2.28. The summed E-state index contributed by atoms with van der Waals surface area (Å²) in [5.41, 5.74) is 0. The van der Waals surface area contributed by atoms with Crippen molar-refractivity contribution in [3.63, 3.8) is 0 Å². The minimum absolute atomic E-state index is 0. The van der Waals surface area contributed by atoms with Crippen LogP contribution in [0.5, 0.6) is 0 Å². The van der Waals surface area contributed by atoms with Gasteiger partial charge in [0.25, 0.3) is 0 Å². The topological polar surface area (TPSA) is 48.5 Å². The molecular weight excluding hydrogens is 323 g/mol. The number of pyridine rings is 1. The fraction of sp³-hybridized carbons (Fsp3) is 0.600. The highest BCUT2D eigenvalue weighted by Crippen LogP contribution is 2.17. The molecule has 0 aliphatic carbocycles. The van der Waals surface area contributed by atoms with Crippen LogP contribution in [0.25, 0.3) is 0 Å². The second-order valence-corrected chi connectivity index (χ2v) is 5.54. The van der Waals surface area contributed by atoms with Gasteiger partial charge in [-0.25, -0.2) is 4.98 Å². The zero-order valence-corrected chi connectivity index (χ0v) is 14.2. The van der Waals surface area contributed by atoms with Crippen molar-refractivity contribution in [2.45, 2.75) is 12.8 Å². The molecule has 0 aromatic carbocycles. The summed E-state index contributed by atoms with van der Waals surface area (Å²) in [6.45, 7) is 5.28. The van der Waals surface area contributed by atoms with Gasteiger partial charge in [-0.1, -0.05) is 6.07 Å². The van der Waals surface area contributed by atoms with Gasteiger partial charge in [0.1, 0.15) is 5.82 Å². The van der Waals surface area contributed by atoms with Crippen LogP contribution in [0.4, 0.5) is 5.82 Å². The number of hydrogen-bond donors (Lipinski definition) is 1. The first-order chi connectivity index (χ1) is 9.84. The normalized spacial score (nSPS) is 21.5. The van der Waals surface area contributed by atoms with E-state index in [2.05, 4.69) is 15.2 Å². The van der Waals surface area contributed by atoms with Gasteiger partial charge in [-0.05, 0) is 31.5 Å². The van der Waals surface area contributed by atoms with Crippen LogP contribution in [0, 0.1) is 5.92 Å². The van der Waals surface area contributed by atoms with E-state index in [1.54, 1.807) is 0 Å². The number of carbonyl (C=O) groups excluding carboxylic acids is 1. The molecule has 7 heteroatoms. The Kier molecular flexibility index (Phi) is 7.93. The number of halogens is 2. The first-order valence-electron chi connectivity index (χ1n) is 7.50. The Hall–Kier alpha value is -1.04. The van der Waals surface area contributed by atoms with Crippen molar-refractivity contribution in [2.24, 2.45) is 5.92 Å². The molecule has 124 valence electrons. The van der Waals surface area contributed by atoms with E-state index in [0.29, 0.717) is 5.91 Å². The molecule has 3 rings (SSSR count). The van der Waals surface area contributed by atoms with Gasteiger partial charge in [0.05, 0.1) is 5.92 Å². The van der Waals surface area contributed by atoms with Crippen molar-refractivity contribution in [1.29, 1.82) is 0 Å². The number of amides is 1. The van der Waals surface area contributed by atoms with Crippen molar-refractivity contribution >= 4 is 36.5 Å². The molecule has 22 heavy (non-hydrogen) atoms. The zero-order valence-electron chi connectivity index (χ0n) is 12.6. The molecular formula is C15H24Cl2N4O. The number of nitrogens with zero attached hydrogens (tertiary/aromatic N) is 3. The Morgan fingerprint density at radius 1 is 1.18 bits per heavy atom. The lowest BCUT2D eigenvalue weighted by molar-refractivity contribution is -0.136. The molecule has 0 radical (unpaired) electrons. The largest absolute Gasteiger partial charge is 0.353 e. The molecule has 1 aromatic heterocycles. The molecule has 0 saturated carbocycles. The van der Waals surface area contributed by atoms with Gasteiger partial charge < -0.3 is 15.1 Å². The molecule has 1 aromatic rings. The van der Waals surface area contributed by atoms with Crippen molar-refractivity contribution in [3.05, 3.63) is 24.4 Å². The van der Waals surface area contributed by atoms with E-state index >= 15 is 0 Å². The first kappa shape index (κ1) is 19.0. The summed E-state index contributed by atoms with van der Waals surface area (Å²) in [4.78, 5) is 21.1. The summed E-state index contributed by atoms with van der Waals surface area (Å²) >= 11 is 0. The Labute approximate surface area is 144 Å². The molecule has 2 saturated heterocycles. The summed E-state index contributed by atoms with van der Waals surface area (Å²) in [5.74, 6) is 1.53. The molecule has 1 N–H and O–H groups in total. The number of carbonyl (C=O) groups is 1. The Morgan fingerprint density at radius 3 is 2.55 bits per heavy atom. The maximum absolute atomic E-state index is 12.4. The van der Waals surface area contributed by atoms with E-state index in [9.17, 15) is 4.79 Å². The third-order valence-corrected chi connectivity index (χ3v) is 4.21. The maximum atomic E-state index is 12.4. The molecule has 2 aliphatic rings. The van der Waals surface area contributed by atoms with Crippen LogP contribution in [0.1, 0.15) is 12.8 Å². The van der Waals surface area contributed by atoms with Gasteiger partial charge in [-0.15, -0.1) is 24.8 Å². The first-order valence-corrected chi connectivity index (χ1v) is 7.50. The van der Waals surface area contributed by atoms with E-state index in [-0.39, 0.29) is 30.7 Å². The fourth-order valence-electron chi connectivity index (χ4n) is 3.02. The molecule has 2 fully saturated rings. The number of aromatic nitrogens is 1. The summed E-state index contributed by atoms with van der Waals surface area (Å²) in [5, 5.41) is 3.32. The average molecular weight is 347 g/mol. The van der Waals surface area contributed by atoms with Gasteiger partial charge in [-0.3, -0.25) is 4.79 Å². The smallest absolute Gasteiger partial charge is 0.227 e. The number of nitrogens with one attached hydrogen (secondary N) is 1. The predicted molar refractivity (Wildman–Crippen MR) is 93.1 cm³/mol. The highest BCUT2D eigenvalue weighted by molar-refractivity contribution is 5.85. The molecule has 0 bridgehead atoms. The molecule has 1 atom stereocenters. The van der Waals surface area contributed by atoms with Crippen LogP contribution in [0.15, 0.2) is 24.4 Å². The highest BCUT2D eigenvalue weighted by atomic mass is 35.5. The predicted octanol–water partition coefficient (Wildman–Crippen LogP) is 1.57. The summed E-state index contributed by atoms with van der Waals surface area (Å²) in [6, 6.07) is 5.97. The lowest BCUT2D eigenvalue weighted by atomic mass is 9.98. The molecule has 1 unspecified atom stereocenters. The monoisotopic (exact) mass is 346 g/mol. The van der Waals surface area contributed by atoms with E-state index in [1.165, 1.54) is 0 Å². The quantitative estimate of drug-likeness (QED) is 0.882. The lowest BCUT2D eigenvalue weighted by Gasteiger charge is -2.37. The van der Waals surface area contributed by atoms with E-state index in [4.69, 9.17) is 0 Å². The summed E-state index contributed by atoms with van der Waals surface area (Å²) < 4.78 is 0. The SMILES string of the molecule is Cl.Cl.O=C(C1CCCNC1)N1CCN(c2ccccn2)CC1. The Balaban J connectivity index is 0.00000121. The number of anilines is 1. The van der Waals surface area contributed by atoms with Crippen LogP contribution < -0.4 is 10.2 Å². The number of rotatable bonds is 2. The van der Waals surface area contributed by atoms with Crippen LogP contribution in [0.2, 0.25) is 0 Å². The molecule has 5 nitrogen and oxygen atoms in total. The lowest BCUT2D eigenvalue weighted by Crippen LogP contribution is -2.52. The zero-order chi connectivity index (χ0) is 13.8. The molecule has 0 spiro atoms. The second kappa shape index (κ2) is 9.18. The second-order valence-electron chi connectivity index (χ2n) is 5.54. The minimum Gasteiger partial charge on any atom is -0.353 e. The maximum Gasteiger partial charge on any atom is 0.227 e. The van der Waals surface area contributed by atoms with Crippen molar-refractivity contribution in [2.75, 3.05) is 44.2 Å². The molecule has 2 aliphatic heterocycles. The minimum atomic E-state index is 0. The summed E-state index contributed by atoms with van der Waals surface area (Å²) in [6.07, 6.45) is 3.97. The average Bonchev–Trinajstić information content (AvgIpc) is 2.56. The summed E-state index contributed by atoms with van der Waals surface area (Å²) in [7, 11) is 0. The van der Waals surface area contributed by atoms with Crippen molar-refractivity contribution < 1.29 is 4.79 Å².